The highest BCUT2D eigenvalue weighted by Crippen LogP contribution is 2.22. The van der Waals surface area contributed by atoms with Gasteiger partial charge in [-0.25, -0.2) is 0 Å². The summed E-state index contributed by atoms with van der Waals surface area (Å²) >= 11 is 3.48. The van der Waals surface area contributed by atoms with Crippen molar-refractivity contribution in [3.63, 3.8) is 0 Å². The van der Waals surface area contributed by atoms with E-state index in [2.05, 4.69) is 15.9 Å². The van der Waals surface area contributed by atoms with E-state index in [0.717, 1.165) is 28.2 Å². The van der Waals surface area contributed by atoms with Gasteiger partial charge in [0, 0.05) is 55.5 Å². The van der Waals surface area contributed by atoms with Crippen LogP contribution in [-0.4, -0.2) is 71.7 Å². The van der Waals surface area contributed by atoms with Gasteiger partial charge in [0.15, 0.2) is 0 Å². The van der Waals surface area contributed by atoms with Gasteiger partial charge in [-0.05, 0) is 42.8 Å². The van der Waals surface area contributed by atoms with Crippen molar-refractivity contribution in [2.45, 2.75) is 25.8 Å². The lowest BCUT2D eigenvalue weighted by Gasteiger charge is -2.26. The molecule has 2 aliphatic heterocycles. The van der Waals surface area contributed by atoms with E-state index in [1.54, 1.807) is 13.5 Å². The first-order valence-corrected chi connectivity index (χ1v) is 11.9. The van der Waals surface area contributed by atoms with Crippen LogP contribution in [0.2, 0.25) is 0 Å². The lowest BCUT2D eigenvalue weighted by atomic mass is 10.2. The number of benzene rings is 1. The molecule has 9 heteroatoms. The molecular weight excluding hydrogens is 444 g/mol. The van der Waals surface area contributed by atoms with Crippen LogP contribution in [0, 0.1) is 0 Å². The average molecular weight is 469 g/mol. The van der Waals surface area contributed by atoms with Crippen molar-refractivity contribution >= 4 is 42.9 Å². The van der Waals surface area contributed by atoms with Crippen LogP contribution in [0.3, 0.4) is 0 Å². The highest BCUT2D eigenvalue weighted by atomic mass is 79.9. The molecule has 2 fully saturated rings. The second-order valence-corrected chi connectivity index (χ2v) is 10.2. The summed E-state index contributed by atoms with van der Waals surface area (Å²) in [5, 5.41) is 1.09. The Labute approximate surface area is 174 Å². The van der Waals surface area contributed by atoms with E-state index in [1.807, 2.05) is 35.0 Å². The maximum Gasteiger partial charge on any atom is 0.282 e. The van der Waals surface area contributed by atoms with Crippen LogP contribution in [0.25, 0.3) is 10.9 Å². The molecule has 0 bridgehead atoms. The van der Waals surface area contributed by atoms with Gasteiger partial charge in [0.25, 0.3) is 10.2 Å². The molecular formula is C19H25BrN4O3S. The molecule has 0 atom stereocenters. The predicted octanol–water partition coefficient (Wildman–Crippen LogP) is 2.28. The van der Waals surface area contributed by atoms with Crippen molar-refractivity contribution in [1.82, 2.24) is 18.1 Å². The van der Waals surface area contributed by atoms with Gasteiger partial charge in [0.05, 0.1) is 0 Å². The molecule has 4 rings (SSSR count). The van der Waals surface area contributed by atoms with Gasteiger partial charge < -0.3 is 9.47 Å². The van der Waals surface area contributed by atoms with E-state index in [-0.39, 0.29) is 12.5 Å². The minimum Gasteiger partial charge on any atom is -0.340 e. The van der Waals surface area contributed by atoms with Gasteiger partial charge in [-0.3, -0.25) is 4.79 Å². The van der Waals surface area contributed by atoms with Crippen LogP contribution in [0.1, 0.15) is 19.3 Å². The number of aromatic nitrogens is 1. The number of rotatable bonds is 4. The van der Waals surface area contributed by atoms with Crippen LogP contribution >= 0.6 is 15.9 Å². The number of hydrogen-bond acceptors (Lipinski definition) is 3. The van der Waals surface area contributed by atoms with Gasteiger partial charge >= 0.3 is 0 Å². The third kappa shape index (κ3) is 3.98. The summed E-state index contributed by atoms with van der Waals surface area (Å²) < 4.78 is 31.6. The Morgan fingerprint density at radius 2 is 1.64 bits per heavy atom. The molecule has 3 heterocycles. The molecule has 7 nitrogen and oxygen atoms in total. The Kier molecular flexibility index (Phi) is 5.78. The number of carbonyl (C=O) groups excluding carboxylic acids is 1. The fourth-order valence-corrected chi connectivity index (χ4v) is 6.06. The first kappa shape index (κ1) is 19.9. The molecule has 1 aromatic heterocycles. The largest absolute Gasteiger partial charge is 0.340 e. The van der Waals surface area contributed by atoms with Crippen LogP contribution in [0.15, 0.2) is 34.9 Å². The fourth-order valence-electron chi connectivity index (χ4n) is 4.00. The SMILES string of the molecule is O=C(Cn1ccc2ccc(Br)cc21)N1CCCN(S(=O)(=O)N2CCCC2)CC1. The number of hydrogen-bond donors (Lipinski definition) is 0. The van der Waals surface area contributed by atoms with Crippen LogP contribution in [0.5, 0.6) is 0 Å². The highest BCUT2D eigenvalue weighted by Gasteiger charge is 2.33. The molecule has 0 aliphatic carbocycles. The number of nitrogens with zero attached hydrogens (tertiary/aromatic N) is 4. The molecule has 2 aliphatic rings. The standard InChI is InChI=1S/C19H25BrN4O3S/c20-17-5-4-16-6-11-22(18(16)14-17)15-19(25)21-7-3-10-24(13-12-21)28(26,27)23-8-1-2-9-23/h4-6,11,14H,1-3,7-10,12-13,15H2. The first-order chi connectivity index (χ1) is 13.4. The third-order valence-corrected chi connectivity index (χ3v) is 8.10. The van der Waals surface area contributed by atoms with Gasteiger partial charge in [0.1, 0.15) is 6.54 Å². The second-order valence-electron chi connectivity index (χ2n) is 7.39. The molecule has 1 aromatic carbocycles. The highest BCUT2D eigenvalue weighted by molar-refractivity contribution is 9.10. The molecule has 28 heavy (non-hydrogen) atoms. The minimum absolute atomic E-state index is 0.0258. The number of fused-ring (bicyclic) bond motifs is 1. The Morgan fingerprint density at radius 1 is 0.929 bits per heavy atom. The summed E-state index contributed by atoms with van der Waals surface area (Å²) in [7, 11) is -3.40. The maximum absolute atomic E-state index is 12.9. The molecule has 0 radical (unpaired) electrons. The van der Waals surface area contributed by atoms with Crippen LogP contribution < -0.4 is 0 Å². The smallest absolute Gasteiger partial charge is 0.282 e. The summed E-state index contributed by atoms with van der Waals surface area (Å²) in [6.45, 7) is 3.35. The Bertz CT molecular complexity index is 969. The number of amides is 1. The molecule has 0 N–H and O–H groups in total. The summed E-state index contributed by atoms with van der Waals surface area (Å²) in [5.74, 6) is 0.0258. The number of halogens is 1. The lowest BCUT2D eigenvalue weighted by molar-refractivity contribution is -0.131. The van der Waals surface area contributed by atoms with Crippen molar-refractivity contribution < 1.29 is 13.2 Å². The number of carbonyl (C=O) groups is 1. The maximum atomic E-state index is 12.9. The summed E-state index contributed by atoms with van der Waals surface area (Å²) in [6, 6.07) is 8.02. The van der Waals surface area contributed by atoms with E-state index in [9.17, 15) is 13.2 Å². The minimum atomic E-state index is -3.40. The Hall–Kier alpha value is -1.42. The fraction of sp³-hybridized carbons (Fsp3) is 0.526. The summed E-state index contributed by atoms with van der Waals surface area (Å²) in [5.41, 5.74) is 1.01. The van der Waals surface area contributed by atoms with E-state index in [1.165, 1.54) is 0 Å². The second kappa shape index (κ2) is 8.14. The molecule has 0 saturated carbocycles. The lowest BCUT2D eigenvalue weighted by Crippen LogP contribution is -2.44. The van der Waals surface area contributed by atoms with Crippen LogP contribution in [0.4, 0.5) is 0 Å². The van der Waals surface area contributed by atoms with Gasteiger partial charge in [-0.15, -0.1) is 0 Å². The van der Waals surface area contributed by atoms with Crippen LogP contribution in [-0.2, 0) is 21.5 Å². The quantitative estimate of drug-likeness (QED) is 0.690. The first-order valence-electron chi connectivity index (χ1n) is 9.72. The van der Waals surface area contributed by atoms with Gasteiger partial charge in [-0.2, -0.15) is 17.0 Å². The Morgan fingerprint density at radius 3 is 2.43 bits per heavy atom. The molecule has 1 amide bonds. The summed E-state index contributed by atoms with van der Waals surface area (Å²) in [4.78, 5) is 14.7. The zero-order valence-electron chi connectivity index (χ0n) is 15.8. The Balaban J connectivity index is 1.42. The molecule has 2 aromatic rings. The molecule has 0 unspecified atom stereocenters. The molecule has 152 valence electrons. The van der Waals surface area contributed by atoms with Gasteiger partial charge in [-0.1, -0.05) is 22.0 Å². The summed E-state index contributed by atoms with van der Waals surface area (Å²) in [6.07, 6.45) is 4.45. The van der Waals surface area contributed by atoms with Gasteiger partial charge in [0.2, 0.25) is 5.91 Å². The third-order valence-electron chi connectivity index (χ3n) is 5.57. The molecule has 0 spiro atoms. The van der Waals surface area contributed by atoms with Crippen molar-refractivity contribution in [2.75, 3.05) is 39.3 Å². The van der Waals surface area contributed by atoms with E-state index in [0.29, 0.717) is 45.7 Å². The van der Waals surface area contributed by atoms with Crippen molar-refractivity contribution in [3.8, 4) is 0 Å². The zero-order chi connectivity index (χ0) is 19.7. The average Bonchev–Trinajstić information content (AvgIpc) is 3.27. The van der Waals surface area contributed by atoms with E-state index >= 15 is 0 Å². The van der Waals surface area contributed by atoms with E-state index < -0.39 is 10.2 Å². The molecule has 2 saturated heterocycles. The van der Waals surface area contributed by atoms with Crippen molar-refractivity contribution in [3.05, 3.63) is 34.9 Å². The topological polar surface area (TPSA) is 65.9 Å². The predicted molar refractivity (Wildman–Crippen MR) is 112 cm³/mol. The van der Waals surface area contributed by atoms with Crippen molar-refractivity contribution in [1.29, 1.82) is 0 Å². The zero-order valence-corrected chi connectivity index (χ0v) is 18.2. The van der Waals surface area contributed by atoms with Crippen molar-refractivity contribution in [2.24, 2.45) is 0 Å². The normalized spacial score (nSPS) is 20.0. The van der Waals surface area contributed by atoms with E-state index in [4.69, 9.17) is 0 Å². The monoisotopic (exact) mass is 468 g/mol.